The quantitative estimate of drug-likeness (QED) is 0.858. The van der Waals surface area contributed by atoms with E-state index in [2.05, 4.69) is 39.7 Å². The van der Waals surface area contributed by atoms with Crippen LogP contribution in [0.3, 0.4) is 0 Å². The first-order valence-corrected chi connectivity index (χ1v) is 7.17. The van der Waals surface area contributed by atoms with Gasteiger partial charge < -0.3 is 15.5 Å². The first kappa shape index (κ1) is 14.7. The van der Waals surface area contributed by atoms with Crippen molar-refractivity contribution < 1.29 is 4.79 Å². The maximum Gasteiger partial charge on any atom is 0.271 e. The van der Waals surface area contributed by atoms with Crippen molar-refractivity contribution in [1.29, 1.82) is 0 Å². The van der Waals surface area contributed by atoms with Crippen molar-refractivity contribution in [2.45, 2.75) is 26.3 Å². The number of hydrogen-bond acceptors (Lipinski definition) is 5. The van der Waals surface area contributed by atoms with Gasteiger partial charge in [-0.25, -0.2) is 0 Å². The van der Waals surface area contributed by atoms with E-state index in [9.17, 15) is 4.79 Å². The molecule has 1 aliphatic heterocycles. The summed E-state index contributed by atoms with van der Waals surface area (Å²) in [6, 6.07) is 3.94. The Morgan fingerprint density at radius 1 is 1.45 bits per heavy atom. The highest BCUT2D eigenvalue weighted by atomic mass is 16.1. The third-order valence-electron chi connectivity index (χ3n) is 3.68. The first-order valence-electron chi connectivity index (χ1n) is 7.17. The lowest BCUT2D eigenvalue weighted by atomic mass is 9.94. The van der Waals surface area contributed by atoms with E-state index in [-0.39, 0.29) is 5.91 Å². The monoisotopic (exact) mass is 277 g/mol. The van der Waals surface area contributed by atoms with Gasteiger partial charge in [0.15, 0.2) is 5.69 Å². The van der Waals surface area contributed by atoms with Gasteiger partial charge >= 0.3 is 0 Å². The lowest BCUT2D eigenvalue weighted by Gasteiger charge is -2.35. The Balaban J connectivity index is 1.95. The molecule has 0 saturated carbocycles. The fourth-order valence-corrected chi connectivity index (χ4v) is 2.54. The Morgan fingerprint density at radius 3 is 2.85 bits per heavy atom. The maximum atomic E-state index is 11.6. The summed E-state index contributed by atoms with van der Waals surface area (Å²) in [7, 11) is 2.15. The van der Waals surface area contributed by atoms with E-state index in [1.165, 1.54) is 0 Å². The van der Waals surface area contributed by atoms with Crippen molar-refractivity contribution in [1.82, 2.24) is 20.4 Å². The molecule has 1 aromatic rings. The van der Waals surface area contributed by atoms with Crippen molar-refractivity contribution in [3.8, 4) is 0 Å². The fraction of sp³-hybridized carbons (Fsp3) is 0.643. The van der Waals surface area contributed by atoms with E-state index in [0.29, 0.717) is 24.2 Å². The molecular formula is C14H23N5O. The third-order valence-corrected chi connectivity index (χ3v) is 3.68. The minimum absolute atomic E-state index is 0.181. The fourth-order valence-electron chi connectivity index (χ4n) is 2.54. The van der Waals surface area contributed by atoms with E-state index in [4.69, 9.17) is 0 Å². The van der Waals surface area contributed by atoms with Crippen molar-refractivity contribution in [2.24, 2.45) is 5.92 Å². The molecule has 0 aromatic carbocycles. The zero-order chi connectivity index (χ0) is 14.5. The molecule has 2 unspecified atom stereocenters. The second-order valence-corrected chi connectivity index (χ2v) is 5.44. The van der Waals surface area contributed by atoms with E-state index in [1.807, 2.05) is 13.0 Å². The molecule has 0 bridgehead atoms. The molecule has 0 aliphatic carbocycles. The van der Waals surface area contributed by atoms with Gasteiger partial charge in [0.2, 0.25) is 0 Å². The molecule has 20 heavy (non-hydrogen) atoms. The Morgan fingerprint density at radius 2 is 2.25 bits per heavy atom. The molecule has 6 heteroatoms. The minimum Gasteiger partial charge on any atom is -0.365 e. The maximum absolute atomic E-state index is 11.6. The van der Waals surface area contributed by atoms with Crippen LogP contribution in [-0.2, 0) is 0 Å². The Hall–Kier alpha value is -1.69. The number of nitrogens with zero attached hydrogens (tertiary/aromatic N) is 3. The molecule has 6 nitrogen and oxygen atoms in total. The van der Waals surface area contributed by atoms with Crippen LogP contribution in [0, 0.1) is 5.92 Å². The Labute approximate surface area is 120 Å². The highest BCUT2D eigenvalue weighted by Gasteiger charge is 2.24. The van der Waals surface area contributed by atoms with Crippen molar-refractivity contribution >= 4 is 11.7 Å². The molecule has 110 valence electrons. The number of piperidine rings is 1. The minimum atomic E-state index is -0.181. The molecule has 2 atom stereocenters. The van der Waals surface area contributed by atoms with Crippen LogP contribution in [0.4, 0.5) is 5.82 Å². The molecular weight excluding hydrogens is 254 g/mol. The lowest BCUT2D eigenvalue weighted by molar-refractivity contribution is 0.0950. The van der Waals surface area contributed by atoms with Gasteiger partial charge in [-0.3, -0.25) is 4.79 Å². The highest BCUT2D eigenvalue weighted by molar-refractivity contribution is 5.92. The summed E-state index contributed by atoms with van der Waals surface area (Å²) in [5.74, 6) is 1.12. The molecule has 1 aromatic heterocycles. The second-order valence-electron chi connectivity index (χ2n) is 5.44. The molecule has 2 rings (SSSR count). The topological polar surface area (TPSA) is 70.2 Å². The normalized spacial score (nSPS) is 23.4. The zero-order valence-electron chi connectivity index (χ0n) is 12.4. The third kappa shape index (κ3) is 3.66. The number of nitrogens with one attached hydrogen (secondary N) is 2. The molecule has 0 radical (unpaired) electrons. The first-order chi connectivity index (χ1) is 9.60. The average molecular weight is 277 g/mol. The van der Waals surface area contributed by atoms with Crippen LogP contribution >= 0.6 is 0 Å². The van der Waals surface area contributed by atoms with Crippen LogP contribution in [0.2, 0.25) is 0 Å². The number of anilines is 1. The SMILES string of the molecule is CCNC(=O)c1ccc(NC2CCN(C)CC2C)nn1. The van der Waals surface area contributed by atoms with E-state index >= 15 is 0 Å². The number of hydrogen-bond donors (Lipinski definition) is 2. The van der Waals surface area contributed by atoms with Crippen LogP contribution in [0.15, 0.2) is 12.1 Å². The van der Waals surface area contributed by atoms with Crippen molar-refractivity contribution in [3.63, 3.8) is 0 Å². The van der Waals surface area contributed by atoms with E-state index < -0.39 is 0 Å². The zero-order valence-corrected chi connectivity index (χ0v) is 12.4. The summed E-state index contributed by atoms with van der Waals surface area (Å²) in [4.78, 5) is 13.9. The Bertz CT molecular complexity index is 447. The average Bonchev–Trinajstić information content (AvgIpc) is 2.43. The molecule has 1 fully saturated rings. The highest BCUT2D eigenvalue weighted by Crippen LogP contribution is 2.19. The van der Waals surface area contributed by atoms with Gasteiger partial charge in [-0.2, -0.15) is 0 Å². The van der Waals surface area contributed by atoms with Crippen LogP contribution in [0.25, 0.3) is 0 Å². The second kappa shape index (κ2) is 6.65. The standard InChI is InChI=1S/C14H23N5O/c1-4-15-14(20)12-5-6-13(18-17-12)16-11-7-8-19(3)9-10(11)2/h5-6,10-11H,4,7-9H2,1-3H3,(H,15,20)(H,16,18). The van der Waals surface area contributed by atoms with Crippen molar-refractivity contribution in [2.75, 3.05) is 32.0 Å². The number of carbonyl (C=O) groups excluding carboxylic acids is 1. The molecule has 0 spiro atoms. The number of rotatable bonds is 4. The number of amides is 1. The molecule has 1 amide bonds. The summed E-state index contributed by atoms with van der Waals surface area (Å²) in [6.07, 6.45) is 1.09. The summed E-state index contributed by atoms with van der Waals surface area (Å²) >= 11 is 0. The van der Waals surface area contributed by atoms with Gasteiger partial charge in [-0.05, 0) is 45.0 Å². The van der Waals surface area contributed by atoms with Crippen LogP contribution in [0.5, 0.6) is 0 Å². The van der Waals surface area contributed by atoms with Crippen molar-refractivity contribution in [3.05, 3.63) is 17.8 Å². The molecule has 2 heterocycles. The van der Waals surface area contributed by atoms with Gasteiger partial charge in [-0.1, -0.05) is 6.92 Å². The van der Waals surface area contributed by atoms with Gasteiger partial charge in [0.1, 0.15) is 5.82 Å². The van der Waals surface area contributed by atoms with Crippen LogP contribution < -0.4 is 10.6 Å². The predicted octanol–water partition coefficient (Wildman–Crippen LogP) is 0.978. The predicted molar refractivity (Wildman–Crippen MR) is 78.7 cm³/mol. The van der Waals surface area contributed by atoms with Gasteiger partial charge in [0, 0.05) is 19.1 Å². The summed E-state index contributed by atoms with van der Waals surface area (Å²) in [6.45, 7) is 6.88. The number of likely N-dealkylation sites (tertiary alicyclic amines) is 1. The van der Waals surface area contributed by atoms with Crippen LogP contribution in [-0.4, -0.2) is 53.7 Å². The summed E-state index contributed by atoms with van der Waals surface area (Å²) < 4.78 is 0. The van der Waals surface area contributed by atoms with E-state index in [0.717, 1.165) is 25.3 Å². The van der Waals surface area contributed by atoms with Gasteiger partial charge in [0.05, 0.1) is 0 Å². The molecule has 1 aliphatic rings. The number of carbonyl (C=O) groups is 1. The summed E-state index contributed by atoms with van der Waals surface area (Å²) in [5, 5.41) is 14.2. The number of aromatic nitrogens is 2. The molecule has 1 saturated heterocycles. The van der Waals surface area contributed by atoms with Gasteiger partial charge in [-0.15, -0.1) is 10.2 Å². The van der Waals surface area contributed by atoms with Crippen LogP contribution in [0.1, 0.15) is 30.8 Å². The molecule has 2 N–H and O–H groups in total. The smallest absolute Gasteiger partial charge is 0.271 e. The van der Waals surface area contributed by atoms with E-state index in [1.54, 1.807) is 6.07 Å². The largest absolute Gasteiger partial charge is 0.365 e. The summed E-state index contributed by atoms with van der Waals surface area (Å²) in [5.41, 5.74) is 0.355. The Kier molecular flexibility index (Phi) is 4.89. The van der Waals surface area contributed by atoms with Gasteiger partial charge in [0.25, 0.3) is 5.91 Å². The lowest BCUT2D eigenvalue weighted by Crippen LogP contribution is -2.43.